The lowest BCUT2D eigenvalue weighted by molar-refractivity contribution is -0.119. The summed E-state index contributed by atoms with van der Waals surface area (Å²) in [6.45, 7) is 1.89. The lowest BCUT2D eigenvalue weighted by Crippen LogP contribution is -2.31. The Balaban J connectivity index is 2.52. The van der Waals surface area contributed by atoms with Crippen molar-refractivity contribution in [2.75, 3.05) is 0 Å². The Kier molecular flexibility index (Phi) is 5.25. The minimum absolute atomic E-state index is 0.0279. The second-order valence-electron chi connectivity index (χ2n) is 4.66. The number of hydrogen-bond donors (Lipinski definition) is 1. The minimum atomic E-state index is -3.22. The molecule has 0 amide bonds. The number of aliphatic hydroxyl groups is 1. The van der Waals surface area contributed by atoms with Gasteiger partial charge in [-0.2, -0.15) is 8.78 Å². The number of unbranched alkanes of at least 4 members (excludes halogenated alkanes) is 1. The number of ketones is 1. The molecule has 0 heterocycles. The predicted molar refractivity (Wildman–Crippen MR) is 62.0 cm³/mol. The Bertz CT molecular complexity index is 287. The summed E-state index contributed by atoms with van der Waals surface area (Å²) in [5.74, 6) is -3.57. The van der Waals surface area contributed by atoms with Crippen LogP contribution in [0.3, 0.4) is 0 Å². The van der Waals surface area contributed by atoms with Gasteiger partial charge in [-0.15, -0.1) is 0 Å². The second-order valence-corrected chi connectivity index (χ2v) is 4.66. The predicted octanol–water partition coefficient (Wildman–Crippen LogP) is 3.10. The van der Waals surface area contributed by atoms with Crippen LogP contribution in [0, 0.1) is 5.92 Å². The van der Waals surface area contributed by atoms with Crippen LogP contribution in [0.25, 0.3) is 0 Å². The highest BCUT2D eigenvalue weighted by Crippen LogP contribution is 2.28. The molecule has 0 aromatic rings. The van der Waals surface area contributed by atoms with Gasteiger partial charge in [0.2, 0.25) is 0 Å². The molecule has 0 spiro atoms. The first-order valence-corrected chi connectivity index (χ1v) is 6.25. The van der Waals surface area contributed by atoms with Gasteiger partial charge in [-0.1, -0.05) is 25.8 Å². The average molecular weight is 246 g/mol. The molecule has 2 nitrogen and oxygen atoms in total. The molecule has 2 atom stereocenters. The van der Waals surface area contributed by atoms with E-state index in [4.69, 9.17) is 0 Å². The smallest absolute Gasteiger partial charge is 0.291 e. The number of carbonyl (C=O) groups excluding carboxylic acids is 1. The highest BCUT2D eigenvalue weighted by molar-refractivity contribution is 5.84. The van der Waals surface area contributed by atoms with Crippen molar-refractivity contribution in [1.82, 2.24) is 0 Å². The van der Waals surface area contributed by atoms with Gasteiger partial charge in [-0.25, -0.2) is 0 Å². The van der Waals surface area contributed by atoms with Crippen molar-refractivity contribution < 1.29 is 18.7 Å². The van der Waals surface area contributed by atoms with E-state index in [1.54, 1.807) is 0 Å². The fraction of sp³-hybridized carbons (Fsp3) is 0.769. The Labute approximate surface area is 101 Å². The summed E-state index contributed by atoms with van der Waals surface area (Å²) in [6.07, 6.45) is 3.69. The van der Waals surface area contributed by atoms with Gasteiger partial charge in [-0.05, 0) is 25.3 Å². The van der Waals surface area contributed by atoms with E-state index in [9.17, 15) is 18.7 Å². The molecule has 0 aromatic carbocycles. The maximum absolute atomic E-state index is 13.5. The largest absolute Gasteiger partial charge is 0.386 e. The van der Waals surface area contributed by atoms with Crippen molar-refractivity contribution in [3.63, 3.8) is 0 Å². The number of allylic oxidation sites excluding steroid dienone is 1. The maximum Gasteiger partial charge on any atom is 0.291 e. The van der Waals surface area contributed by atoms with E-state index in [1.807, 2.05) is 6.92 Å². The number of hydrogen-bond acceptors (Lipinski definition) is 2. The molecule has 0 aliphatic heterocycles. The van der Waals surface area contributed by atoms with E-state index < -0.39 is 12.0 Å². The number of rotatable bonds is 6. The van der Waals surface area contributed by atoms with Crippen LogP contribution in [0.2, 0.25) is 0 Å². The molecule has 1 rings (SSSR count). The zero-order valence-corrected chi connectivity index (χ0v) is 10.2. The SMILES string of the molecule is CCCCC(O)C(F)(F)/C=C/C1CCCC1=O. The minimum Gasteiger partial charge on any atom is -0.386 e. The van der Waals surface area contributed by atoms with Crippen LogP contribution in [0.15, 0.2) is 12.2 Å². The van der Waals surface area contributed by atoms with Crippen LogP contribution in [-0.4, -0.2) is 22.9 Å². The molecular weight excluding hydrogens is 226 g/mol. The summed E-state index contributed by atoms with van der Waals surface area (Å²) in [5.41, 5.74) is 0. The normalized spacial score (nSPS) is 23.5. The van der Waals surface area contributed by atoms with E-state index in [-0.39, 0.29) is 18.1 Å². The zero-order valence-electron chi connectivity index (χ0n) is 10.2. The van der Waals surface area contributed by atoms with E-state index >= 15 is 0 Å². The molecule has 1 saturated carbocycles. The van der Waals surface area contributed by atoms with Crippen molar-refractivity contribution in [3.8, 4) is 0 Å². The third-order valence-electron chi connectivity index (χ3n) is 3.18. The molecule has 0 radical (unpaired) electrons. The molecule has 0 aromatic heterocycles. The average Bonchev–Trinajstić information content (AvgIpc) is 2.69. The molecule has 98 valence electrons. The molecule has 2 unspecified atom stereocenters. The second kappa shape index (κ2) is 6.24. The van der Waals surface area contributed by atoms with Gasteiger partial charge in [-0.3, -0.25) is 4.79 Å². The summed E-state index contributed by atoms with van der Waals surface area (Å²) < 4.78 is 26.9. The first-order valence-electron chi connectivity index (χ1n) is 6.25. The van der Waals surface area contributed by atoms with E-state index in [0.717, 1.165) is 12.8 Å². The number of alkyl halides is 2. The molecule has 0 bridgehead atoms. The van der Waals surface area contributed by atoms with Crippen LogP contribution in [0.1, 0.15) is 45.4 Å². The fourth-order valence-corrected chi connectivity index (χ4v) is 1.99. The molecular formula is C13H20F2O2. The summed E-state index contributed by atoms with van der Waals surface area (Å²) in [6, 6.07) is 0. The Morgan fingerprint density at radius 1 is 1.59 bits per heavy atom. The van der Waals surface area contributed by atoms with Gasteiger partial charge >= 0.3 is 0 Å². The van der Waals surface area contributed by atoms with E-state index in [0.29, 0.717) is 25.3 Å². The Morgan fingerprint density at radius 3 is 2.82 bits per heavy atom. The molecule has 0 saturated heterocycles. The maximum atomic E-state index is 13.5. The first kappa shape index (κ1) is 14.3. The third kappa shape index (κ3) is 4.19. The third-order valence-corrected chi connectivity index (χ3v) is 3.18. The summed E-state index contributed by atoms with van der Waals surface area (Å²) >= 11 is 0. The van der Waals surface area contributed by atoms with Gasteiger partial charge in [0.25, 0.3) is 5.92 Å². The number of aliphatic hydroxyl groups excluding tert-OH is 1. The van der Waals surface area contributed by atoms with Gasteiger partial charge in [0.15, 0.2) is 0 Å². The number of halogens is 2. The van der Waals surface area contributed by atoms with Crippen LogP contribution in [-0.2, 0) is 4.79 Å². The molecule has 17 heavy (non-hydrogen) atoms. The van der Waals surface area contributed by atoms with E-state index in [2.05, 4.69) is 0 Å². The van der Waals surface area contributed by atoms with Gasteiger partial charge in [0.05, 0.1) is 0 Å². The number of Topliss-reactive ketones (excluding diaryl/α,β-unsaturated/α-hetero) is 1. The molecule has 1 aliphatic carbocycles. The standard InChI is InChI=1S/C13H20F2O2/c1-2-3-7-12(17)13(14,15)9-8-10-5-4-6-11(10)16/h8-10,12,17H,2-7H2,1H3/b9-8+. The van der Waals surface area contributed by atoms with Crippen molar-refractivity contribution in [3.05, 3.63) is 12.2 Å². The van der Waals surface area contributed by atoms with Crippen molar-refractivity contribution in [2.24, 2.45) is 5.92 Å². The monoisotopic (exact) mass is 246 g/mol. The summed E-state index contributed by atoms with van der Waals surface area (Å²) in [4.78, 5) is 11.3. The molecule has 1 fully saturated rings. The summed E-state index contributed by atoms with van der Waals surface area (Å²) in [5, 5.41) is 9.36. The summed E-state index contributed by atoms with van der Waals surface area (Å²) in [7, 11) is 0. The van der Waals surface area contributed by atoms with Crippen LogP contribution < -0.4 is 0 Å². The van der Waals surface area contributed by atoms with Crippen LogP contribution >= 0.6 is 0 Å². The molecule has 1 aliphatic rings. The number of carbonyl (C=O) groups is 1. The van der Waals surface area contributed by atoms with Crippen molar-refractivity contribution >= 4 is 5.78 Å². The van der Waals surface area contributed by atoms with Crippen LogP contribution in [0.5, 0.6) is 0 Å². The van der Waals surface area contributed by atoms with Crippen molar-refractivity contribution in [1.29, 1.82) is 0 Å². The molecule has 1 N–H and O–H groups in total. The lowest BCUT2D eigenvalue weighted by Gasteiger charge is -2.19. The Hall–Kier alpha value is -0.770. The Morgan fingerprint density at radius 2 is 2.29 bits per heavy atom. The van der Waals surface area contributed by atoms with Crippen molar-refractivity contribution in [2.45, 2.75) is 57.5 Å². The van der Waals surface area contributed by atoms with Gasteiger partial charge in [0, 0.05) is 12.3 Å². The van der Waals surface area contributed by atoms with Crippen LogP contribution in [0.4, 0.5) is 8.78 Å². The quantitative estimate of drug-likeness (QED) is 0.731. The lowest BCUT2D eigenvalue weighted by atomic mass is 10.0. The van der Waals surface area contributed by atoms with E-state index in [1.165, 1.54) is 6.08 Å². The highest BCUT2D eigenvalue weighted by Gasteiger charge is 2.35. The zero-order chi connectivity index (χ0) is 12.9. The van der Waals surface area contributed by atoms with Gasteiger partial charge in [0.1, 0.15) is 11.9 Å². The topological polar surface area (TPSA) is 37.3 Å². The van der Waals surface area contributed by atoms with Gasteiger partial charge < -0.3 is 5.11 Å². The highest BCUT2D eigenvalue weighted by atomic mass is 19.3. The fourth-order valence-electron chi connectivity index (χ4n) is 1.99. The molecule has 4 heteroatoms. The first-order chi connectivity index (χ1) is 7.97.